The molecule has 9 aromatic rings. The normalized spacial score (nSPS) is 13.0. The van der Waals surface area contributed by atoms with Gasteiger partial charge in [-0.1, -0.05) is 182 Å². The first-order chi connectivity index (χ1) is 25.3. The quantitative estimate of drug-likeness (QED) is 0.168. The van der Waals surface area contributed by atoms with Crippen molar-refractivity contribution < 1.29 is 0 Å². The third kappa shape index (κ3) is 4.14. The molecule has 0 amide bonds. The van der Waals surface area contributed by atoms with Crippen LogP contribution >= 0.6 is 0 Å². The van der Waals surface area contributed by atoms with Crippen molar-refractivity contribution in [2.45, 2.75) is 5.92 Å². The minimum absolute atomic E-state index is 0.109. The second-order valence-corrected chi connectivity index (χ2v) is 13.9. The van der Waals surface area contributed by atoms with Gasteiger partial charge in [0, 0.05) is 5.92 Å². The molecule has 0 nitrogen and oxygen atoms in total. The fourth-order valence-corrected chi connectivity index (χ4v) is 9.16. The monoisotopic (exact) mass is 644 g/mol. The Morgan fingerprint density at radius 2 is 0.686 bits per heavy atom. The molecule has 0 N–H and O–H groups in total. The van der Waals surface area contributed by atoms with Gasteiger partial charge in [-0.25, -0.2) is 0 Å². The molecule has 0 saturated carbocycles. The molecule has 11 rings (SSSR count). The Labute approximate surface area is 297 Å². The highest BCUT2D eigenvalue weighted by Gasteiger charge is 2.36. The summed E-state index contributed by atoms with van der Waals surface area (Å²) in [5.41, 5.74) is 17.1. The average Bonchev–Trinajstić information content (AvgIpc) is 3.72. The molecule has 0 unspecified atom stereocenters. The van der Waals surface area contributed by atoms with E-state index in [1.807, 2.05) is 0 Å². The molecule has 0 heterocycles. The van der Waals surface area contributed by atoms with Gasteiger partial charge in [-0.15, -0.1) is 0 Å². The SMILES string of the molecule is c1ccc2c(c1)C(=C(c1ccc(-c3ccc4c5ccccc5c5ccccc5c4c3)cc1)C1c3ccccc3-c3ccccc31)c1ccccc1-2. The molecule has 51 heavy (non-hydrogen) atoms. The van der Waals surface area contributed by atoms with Gasteiger partial charge >= 0.3 is 0 Å². The first-order valence-corrected chi connectivity index (χ1v) is 17.9. The van der Waals surface area contributed by atoms with Gasteiger partial charge in [0.2, 0.25) is 0 Å². The predicted molar refractivity (Wildman–Crippen MR) is 216 cm³/mol. The summed E-state index contributed by atoms with van der Waals surface area (Å²) in [6, 6.07) is 70.0. The lowest BCUT2D eigenvalue weighted by Crippen LogP contribution is -2.04. The van der Waals surface area contributed by atoms with E-state index >= 15 is 0 Å². The van der Waals surface area contributed by atoms with E-state index in [0.717, 1.165) is 0 Å². The van der Waals surface area contributed by atoms with Gasteiger partial charge in [0.1, 0.15) is 0 Å². The van der Waals surface area contributed by atoms with Crippen LogP contribution in [0.1, 0.15) is 33.7 Å². The van der Waals surface area contributed by atoms with E-state index in [2.05, 4.69) is 188 Å². The van der Waals surface area contributed by atoms with E-state index < -0.39 is 0 Å². The van der Waals surface area contributed by atoms with Crippen LogP contribution in [0.15, 0.2) is 188 Å². The van der Waals surface area contributed by atoms with Crippen LogP contribution in [-0.2, 0) is 0 Å². The molecule has 0 aromatic heterocycles. The Morgan fingerprint density at radius 3 is 1.22 bits per heavy atom. The summed E-state index contributed by atoms with van der Waals surface area (Å²) in [5, 5.41) is 7.82. The second kappa shape index (κ2) is 11.0. The first-order valence-electron chi connectivity index (χ1n) is 17.9. The largest absolute Gasteiger partial charge is 0.0619 e. The van der Waals surface area contributed by atoms with Crippen molar-refractivity contribution >= 4 is 43.5 Å². The van der Waals surface area contributed by atoms with Crippen molar-refractivity contribution in [3.8, 4) is 33.4 Å². The third-order valence-electron chi connectivity index (χ3n) is 11.3. The first kappa shape index (κ1) is 28.3. The highest BCUT2D eigenvalue weighted by molar-refractivity contribution is 6.25. The molecule has 2 aliphatic carbocycles. The molecule has 0 fully saturated rings. The van der Waals surface area contributed by atoms with Crippen molar-refractivity contribution in [2.75, 3.05) is 0 Å². The zero-order chi connectivity index (χ0) is 33.5. The van der Waals surface area contributed by atoms with Crippen LogP contribution in [-0.4, -0.2) is 0 Å². The molecule has 0 radical (unpaired) electrons. The highest BCUT2D eigenvalue weighted by Crippen LogP contribution is 2.56. The number of hydrogen-bond donors (Lipinski definition) is 0. The van der Waals surface area contributed by atoms with Gasteiger partial charge < -0.3 is 0 Å². The Hall–Kier alpha value is -6.50. The topological polar surface area (TPSA) is 0 Å². The van der Waals surface area contributed by atoms with Crippen LogP contribution < -0.4 is 0 Å². The fourth-order valence-electron chi connectivity index (χ4n) is 9.16. The van der Waals surface area contributed by atoms with Gasteiger partial charge in [-0.3, -0.25) is 0 Å². The zero-order valence-corrected chi connectivity index (χ0v) is 28.0. The maximum atomic E-state index is 2.39. The molecular weight excluding hydrogens is 613 g/mol. The van der Waals surface area contributed by atoms with E-state index in [-0.39, 0.29) is 5.92 Å². The maximum Gasteiger partial charge on any atom is 0.0364 e. The Balaban J connectivity index is 1.14. The highest BCUT2D eigenvalue weighted by atomic mass is 14.4. The average molecular weight is 645 g/mol. The Morgan fingerprint density at radius 1 is 0.294 bits per heavy atom. The maximum absolute atomic E-state index is 2.39. The minimum atomic E-state index is 0.109. The van der Waals surface area contributed by atoms with Gasteiger partial charge in [0.05, 0.1) is 0 Å². The van der Waals surface area contributed by atoms with Crippen LogP contribution in [0.3, 0.4) is 0 Å². The third-order valence-corrected chi connectivity index (χ3v) is 11.3. The van der Waals surface area contributed by atoms with Crippen LogP contribution in [0.4, 0.5) is 0 Å². The van der Waals surface area contributed by atoms with Gasteiger partial charge in [0.15, 0.2) is 0 Å². The summed E-state index contributed by atoms with van der Waals surface area (Å²) >= 11 is 0. The molecule has 0 spiro atoms. The van der Waals surface area contributed by atoms with Gasteiger partial charge in [-0.05, 0) is 111 Å². The standard InChI is InChI=1S/C51H32/c1-2-15-37-35(13-1)36-14-3-4-20-42(36)48-31-34(29-30-43(37)48)32-25-27-33(28-26-32)49(50-44-21-9-5-16-38(44)39-17-6-10-22-45(39)50)51-46-23-11-7-18-40(46)41-19-8-12-24-47(41)51/h1-31,50H. The molecule has 0 atom stereocenters. The van der Waals surface area contributed by atoms with Crippen LogP contribution in [0.25, 0.3) is 76.8 Å². The number of hydrogen-bond acceptors (Lipinski definition) is 0. The van der Waals surface area contributed by atoms with Crippen molar-refractivity contribution in [1.82, 2.24) is 0 Å². The van der Waals surface area contributed by atoms with Crippen molar-refractivity contribution in [3.05, 3.63) is 216 Å². The Kier molecular flexibility index (Phi) is 6.12. The summed E-state index contributed by atoms with van der Waals surface area (Å²) < 4.78 is 0. The van der Waals surface area contributed by atoms with Crippen LogP contribution in [0.5, 0.6) is 0 Å². The number of allylic oxidation sites excluding steroid dienone is 1. The molecular formula is C51H32. The van der Waals surface area contributed by atoms with Crippen molar-refractivity contribution in [2.24, 2.45) is 0 Å². The summed E-state index contributed by atoms with van der Waals surface area (Å²) in [6.07, 6.45) is 0. The lowest BCUT2D eigenvalue weighted by Gasteiger charge is -2.23. The van der Waals surface area contributed by atoms with Crippen molar-refractivity contribution in [1.29, 1.82) is 0 Å². The molecule has 9 aromatic carbocycles. The number of fused-ring (bicyclic) bond motifs is 12. The number of benzene rings is 9. The summed E-state index contributed by atoms with van der Waals surface area (Å²) in [6.45, 7) is 0. The van der Waals surface area contributed by atoms with Crippen molar-refractivity contribution in [3.63, 3.8) is 0 Å². The summed E-state index contributed by atoms with van der Waals surface area (Å²) in [7, 11) is 0. The van der Waals surface area contributed by atoms with Crippen LogP contribution in [0, 0.1) is 0 Å². The molecule has 2 aliphatic rings. The smallest absolute Gasteiger partial charge is 0.0364 e. The second-order valence-electron chi connectivity index (χ2n) is 13.9. The van der Waals surface area contributed by atoms with E-state index in [1.165, 1.54) is 105 Å². The Bertz CT molecular complexity index is 2770. The van der Waals surface area contributed by atoms with Gasteiger partial charge in [-0.2, -0.15) is 0 Å². The van der Waals surface area contributed by atoms with E-state index in [1.54, 1.807) is 0 Å². The lowest BCUT2D eigenvalue weighted by atomic mass is 9.79. The fraction of sp³-hybridized carbons (Fsp3) is 0.0196. The summed E-state index contributed by atoms with van der Waals surface area (Å²) in [5.74, 6) is 0.109. The molecule has 0 bridgehead atoms. The summed E-state index contributed by atoms with van der Waals surface area (Å²) in [4.78, 5) is 0. The predicted octanol–water partition coefficient (Wildman–Crippen LogP) is 13.6. The van der Waals surface area contributed by atoms with Crippen LogP contribution in [0.2, 0.25) is 0 Å². The van der Waals surface area contributed by atoms with E-state index in [4.69, 9.17) is 0 Å². The molecule has 236 valence electrons. The molecule has 0 saturated heterocycles. The lowest BCUT2D eigenvalue weighted by molar-refractivity contribution is 1.09. The zero-order valence-electron chi connectivity index (χ0n) is 28.0. The minimum Gasteiger partial charge on any atom is -0.0619 e. The molecule has 0 heteroatoms. The molecule has 0 aliphatic heterocycles. The number of rotatable bonds is 3. The van der Waals surface area contributed by atoms with E-state index in [9.17, 15) is 0 Å². The van der Waals surface area contributed by atoms with Gasteiger partial charge in [0.25, 0.3) is 0 Å². The van der Waals surface area contributed by atoms with E-state index in [0.29, 0.717) is 0 Å².